The van der Waals surface area contributed by atoms with Gasteiger partial charge in [-0.25, -0.2) is 0 Å². The van der Waals surface area contributed by atoms with Crippen molar-refractivity contribution in [1.82, 2.24) is 15.2 Å². The molecule has 1 aromatic rings. The van der Waals surface area contributed by atoms with Gasteiger partial charge in [0.1, 0.15) is 12.4 Å². The van der Waals surface area contributed by atoms with Crippen molar-refractivity contribution in [3.05, 3.63) is 28.8 Å². The van der Waals surface area contributed by atoms with Gasteiger partial charge in [0.2, 0.25) is 5.91 Å². The van der Waals surface area contributed by atoms with Gasteiger partial charge in [0.15, 0.2) is 6.17 Å². The predicted molar refractivity (Wildman–Crippen MR) is 118 cm³/mol. The number of piperazine rings is 1. The van der Waals surface area contributed by atoms with Crippen molar-refractivity contribution in [2.45, 2.75) is 78.6 Å². The van der Waals surface area contributed by atoms with Crippen LogP contribution in [0, 0.1) is 26.7 Å². The van der Waals surface area contributed by atoms with Crippen LogP contribution in [0.4, 0.5) is 5.69 Å². The molecule has 0 bridgehead atoms. The molecule has 1 aromatic carbocycles. The lowest BCUT2D eigenvalue weighted by Crippen LogP contribution is -2.70. The number of nitrogens with zero attached hydrogens (tertiary/aromatic N) is 3. The van der Waals surface area contributed by atoms with E-state index in [0.29, 0.717) is 0 Å². The third-order valence-electron chi connectivity index (χ3n) is 6.58. The average Bonchev–Trinajstić information content (AvgIpc) is 3.14. The van der Waals surface area contributed by atoms with Crippen LogP contribution in [0.25, 0.3) is 0 Å². The number of hydrogen-bond donors (Lipinski definition) is 2. The largest absolute Gasteiger partial charge is 0.325 e. The zero-order valence-electron chi connectivity index (χ0n) is 18.7. The van der Waals surface area contributed by atoms with Gasteiger partial charge in [-0.05, 0) is 44.7 Å². The second-order valence-electron chi connectivity index (χ2n) is 9.27. The molecule has 1 aliphatic carbocycles. The average molecular weight is 412 g/mol. The molecule has 2 N–H and O–H groups in total. The van der Waals surface area contributed by atoms with Gasteiger partial charge in [-0.15, -0.1) is 0 Å². The number of aryl methyl sites for hydroxylation is 3. The molecule has 0 radical (unpaired) electrons. The van der Waals surface area contributed by atoms with Crippen molar-refractivity contribution >= 4 is 23.3 Å². The van der Waals surface area contributed by atoms with Gasteiger partial charge in [0, 0.05) is 11.6 Å². The maximum Gasteiger partial charge on any atom is 0.268 e. The number of carbonyl (C=O) groups excluding carboxylic acids is 2. The number of fused-ring (bicyclic) bond motifs is 3. The van der Waals surface area contributed by atoms with E-state index in [2.05, 4.69) is 53.6 Å². The second-order valence-corrected chi connectivity index (χ2v) is 9.27. The number of amides is 2. The number of rotatable bonds is 4. The Labute approximate surface area is 178 Å². The lowest BCUT2D eigenvalue weighted by Gasteiger charge is -2.51. The zero-order chi connectivity index (χ0) is 21.6. The van der Waals surface area contributed by atoms with Gasteiger partial charge in [0.05, 0.1) is 12.1 Å². The first-order chi connectivity index (χ1) is 14.3. The summed E-state index contributed by atoms with van der Waals surface area (Å²) in [6, 6.07) is 4.40. The van der Waals surface area contributed by atoms with Gasteiger partial charge in [-0.2, -0.15) is 5.10 Å². The van der Waals surface area contributed by atoms with Crippen LogP contribution in [0.3, 0.4) is 0 Å². The molecule has 2 heterocycles. The highest BCUT2D eigenvalue weighted by molar-refractivity contribution is 5.99. The van der Waals surface area contributed by atoms with E-state index in [-0.39, 0.29) is 36.4 Å². The Hall–Kier alpha value is -2.57. The molecule has 1 saturated carbocycles. The SMILES string of the molecule is Cc1cc(C)c(NC(=O)CN2C(=O)C3NN=C(C(C)C)N3C3CCCCC32)c(C)c1. The molecule has 0 aromatic heterocycles. The number of benzene rings is 1. The van der Waals surface area contributed by atoms with Crippen molar-refractivity contribution in [2.75, 3.05) is 11.9 Å². The van der Waals surface area contributed by atoms with E-state index in [0.717, 1.165) is 48.3 Å². The molecule has 0 spiro atoms. The minimum Gasteiger partial charge on any atom is -0.325 e. The first-order valence-electron chi connectivity index (χ1n) is 11.1. The molecule has 3 unspecified atom stereocenters. The van der Waals surface area contributed by atoms with Crippen LogP contribution < -0.4 is 10.7 Å². The van der Waals surface area contributed by atoms with Crippen LogP contribution >= 0.6 is 0 Å². The highest BCUT2D eigenvalue weighted by Gasteiger charge is 2.51. The third kappa shape index (κ3) is 3.55. The van der Waals surface area contributed by atoms with Crippen molar-refractivity contribution in [3.8, 4) is 0 Å². The predicted octanol–water partition coefficient (Wildman–Crippen LogP) is 2.90. The molecular weight excluding hydrogens is 378 g/mol. The maximum atomic E-state index is 13.4. The number of nitrogens with one attached hydrogen (secondary N) is 2. The number of hydrogen-bond acceptors (Lipinski definition) is 5. The van der Waals surface area contributed by atoms with E-state index in [1.54, 1.807) is 4.90 Å². The van der Waals surface area contributed by atoms with Crippen molar-refractivity contribution in [3.63, 3.8) is 0 Å². The van der Waals surface area contributed by atoms with E-state index < -0.39 is 6.17 Å². The van der Waals surface area contributed by atoms with Crippen molar-refractivity contribution in [1.29, 1.82) is 0 Å². The minimum absolute atomic E-state index is 0.0509. The normalized spacial score (nSPS) is 25.6. The minimum atomic E-state index is -0.489. The zero-order valence-corrected chi connectivity index (χ0v) is 18.7. The summed E-state index contributed by atoms with van der Waals surface area (Å²) >= 11 is 0. The fraction of sp³-hybridized carbons (Fsp3) is 0.609. The summed E-state index contributed by atoms with van der Waals surface area (Å²) in [5.74, 6) is 1.02. The standard InChI is InChI=1S/C23H33N5O2/c1-13(2)21-25-26-22-23(30)27(17-8-6-7-9-18(17)28(21)22)12-19(29)24-20-15(4)10-14(3)11-16(20)5/h10-11,13,17-18,22,26H,6-9,12H2,1-5H3,(H,24,29). The van der Waals surface area contributed by atoms with E-state index in [1.807, 2.05) is 13.8 Å². The molecule has 162 valence electrons. The van der Waals surface area contributed by atoms with Gasteiger partial charge in [-0.1, -0.05) is 44.4 Å². The molecule has 7 nitrogen and oxygen atoms in total. The smallest absolute Gasteiger partial charge is 0.268 e. The Morgan fingerprint density at radius 3 is 2.43 bits per heavy atom. The maximum absolute atomic E-state index is 13.4. The van der Waals surface area contributed by atoms with Gasteiger partial charge < -0.3 is 15.1 Å². The fourth-order valence-electron chi connectivity index (χ4n) is 5.35. The van der Waals surface area contributed by atoms with Crippen LogP contribution in [0.15, 0.2) is 17.2 Å². The summed E-state index contributed by atoms with van der Waals surface area (Å²) in [7, 11) is 0. The lowest BCUT2D eigenvalue weighted by atomic mass is 9.85. The molecule has 3 aliphatic rings. The number of carbonyl (C=O) groups is 2. The molecule has 7 heteroatoms. The van der Waals surface area contributed by atoms with E-state index in [4.69, 9.17) is 0 Å². The lowest BCUT2D eigenvalue weighted by molar-refractivity contribution is -0.151. The molecule has 1 saturated heterocycles. The van der Waals surface area contributed by atoms with Crippen LogP contribution in [0.2, 0.25) is 0 Å². The van der Waals surface area contributed by atoms with Crippen molar-refractivity contribution < 1.29 is 9.59 Å². The van der Waals surface area contributed by atoms with E-state index in [1.165, 1.54) is 5.56 Å². The van der Waals surface area contributed by atoms with Gasteiger partial charge in [-0.3, -0.25) is 15.0 Å². The topological polar surface area (TPSA) is 77.0 Å². The molecule has 2 fully saturated rings. The van der Waals surface area contributed by atoms with Crippen LogP contribution in [-0.4, -0.2) is 52.2 Å². The van der Waals surface area contributed by atoms with Crippen LogP contribution in [0.5, 0.6) is 0 Å². The molecule has 4 rings (SSSR count). The monoisotopic (exact) mass is 411 g/mol. The Morgan fingerprint density at radius 2 is 1.80 bits per heavy atom. The first kappa shape index (κ1) is 20.7. The van der Waals surface area contributed by atoms with E-state index in [9.17, 15) is 9.59 Å². The summed E-state index contributed by atoms with van der Waals surface area (Å²) in [5.41, 5.74) is 7.15. The molecule has 2 aliphatic heterocycles. The van der Waals surface area contributed by atoms with Gasteiger partial charge in [0.25, 0.3) is 5.91 Å². The summed E-state index contributed by atoms with van der Waals surface area (Å²) in [4.78, 5) is 30.3. The number of anilines is 1. The molecule has 2 amide bonds. The summed E-state index contributed by atoms with van der Waals surface area (Å²) in [6.07, 6.45) is 3.70. The fourth-order valence-corrected chi connectivity index (χ4v) is 5.35. The highest BCUT2D eigenvalue weighted by atomic mass is 16.2. The quantitative estimate of drug-likeness (QED) is 0.799. The Kier molecular flexibility index (Phi) is 5.47. The number of hydrazone groups is 1. The summed E-state index contributed by atoms with van der Waals surface area (Å²) < 4.78 is 0. The molecule has 30 heavy (non-hydrogen) atoms. The highest BCUT2D eigenvalue weighted by Crippen LogP contribution is 2.35. The second kappa shape index (κ2) is 7.93. The van der Waals surface area contributed by atoms with Crippen LogP contribution in [0.1, 0.15) is 56.2 Å². The summed E-state index contributed by atoms with van der Waals surface area (Å²) in [6.45, 7) is 10.4. The van der Waals surface area contributed by atoms with Crippen molar-refractivity contribution in [2.24, 2.45) is 11.0 Å². The van der Waals surface area contributed by atoms with Crippen LogP contribution in [-0.2, 0) is 9.59 Å². The Morgan fingerprint density at radius 1 is 1.17 bits per heavy atom. The van der Waals surface area contributed by atoms with Gasteiger partial charge >= 0.3 is 0 Å². The Balaban J connectivity index is 1.55. The molecule has 3 atom stereocenters. The third-order valence-corrected chi connectivity index (χ3v) is 6.58. The summed E-state index contributed by atoms with van der Waals surface area (Å²) in [5, 5.41) is 7.54. The number of amidine groups is 1. The first-order valence-corrected chi connectivity index (χ1v) is 11.1. The van der Waals surface area contributed by atoms with E-state index >= 15 is 0 Å². The Bertz CT molecular complexity index is 871. The molecular formula is C23H33N5O2.